The monoisotopic (exact) mass is 560 g/mol. The van der Waals surface area contributed by atoms with Crippen molar-refractivity contribution in [2.24, 2.45) is 5.92 Å². The van der Waals surface area contributed by atoms with E-state index < -0.39 is 19.8 Å². The molecule has 200 valence electrons. The molecule has 0 bridgehead atoms. The number of benzene rings is 2. The van der Waals surface area contributed by atoms with Crippen molar-refractivity contribution >= 4 is 53.2 Å². The summed E-state index contributed by atoms with van der Waals surface area (Å²) in [5, 5.41) is 13.8. The molecule has 0 amide bonds. The standard InChI is InChI=1S/C24H26ClN6O6P/c1-13(23(32)33)30-38(34,37-19-8-7-18(25)16-5-3-4-6-17(16)19)36-11-14-9-15(10-14)31-12-27-20-21(31)28-24(26)29-22(20)35-2/h3-8,12-15H,9-11H2,1-2H3,(H,30,34)(H,32,33)(H2,26,28,29). The zero-order chi connectivity index (χ0) is 27.0. The molecule has 4 aromatic rings. The van der Waals surface area contributed by atoms with E-state index in [4.69, 9.17) is 31.1 Å². The zero-order valence-corrected chi connectivity index (χ0v) is 22.2. The van der Waals surface area contributed by atoms with Crippen LogP contribution in [0.1, 0.15) is 25.8 Å². The number of carbonyl (C=O) groups is 1. The number of rotatable bonds is 10. The number of methoxy groups -OCH3 is 1. The number of aliphatic carboxylic acids is 1. The van der Waals surface area contributed by atoms with E-state index in [0.717, 1.165) is 0 Å². The van der Waals surface area contributed by atoms with E-state index in [1.54, 1.807) is 30.6 Å². The smallest absolute Gasteiger partial charge is 0.459 e. The first-order chi connectivity index (χ1) is 18.2. The molecule has 2 aromatic carbocycles. The van der Waals surface area contributed by atoms with Crippen molar-refractivity contribution in [1.82, 2.24) is 24.6 Å². The summed E-state index contributed by atoms with van der Waals surface area (Å²) in [4.78, 5) is 24.2. The van der Waals surface area contributed by atoms with Crippen LogP contribution in [0.15, 0.2) is 42.7 Å². The molecule has 14 heteroatoms. The number of ether oxygens (including phenoxy) is 1. The molecule has 2 atom stereocenters. The number of hydrogen-bond donors (Lipinski definition) is 3. The van der Waals surface area contributed by atoms with Gasteiger partial charge in [0.2, 0.25) is 11.8 Å². The van der Waals surface area contributed by atoms with Crippen LogP contribution in [0, 0.1) is 5.92 Å². The van der Waals surface area contributed by atoms with Crippen molar-refractivity contribution in [3.05, 3.63) is 47.7 Å². The van der Waals surface area contributed by atoms with Gasteiger partial charge in [0.25, 0.3) is 0 Å². The maximum absolute atomic E-state index is 13.8. The summed E-state index contributed by atoms with van der Waals surface area (Å²) in [5.74, 6) is -0.496. The van der Waals surface area contributed by atoms with Crippen LogP contribution in [0.5, 0.6) is 11.6 Å². The van der Waals surface area contributed by atoms with Crippen LogP contribution >= 0.6 is 19.3 Å². The Kier molecular flexibility index (Phi) is 7.15. The lowest BCUT2D eigenvalue weighted by atomic mass is 9.81. The van der Waals surface area contributed by atoms with E-state index in [1.807, 2.05) is 16.7 Å². The van der Waals surface area contributed by atoms with Crippen LogP contribution in [0.4, 0.5) is 5.95 Å². The van der Waals surface area contributed by atoms with Gasteiger partial charge in [-0.25, -0.2) is 9.55 Å². The van der Waals surface area contributed by atoms with Crippen molar-refractivity contribution < 1.29 is 28.3 Å². The molecule has 12 nitrogen and oxygen atoms in total. The topological polar surface area (TPSA) is 164 Å². The molecule has 1 saturated carbocycles. The first-order valence-corrected chi connectivity index (χ1v) is 13.8. The molecule has 1 aliphatic rings. The number of hydrogen-bond acceptors (Lipinski definition) is 9. The molecule has 1 fully saturated rings. The molecule has 2 unspecified atom stereocenters. The summed E-state index contributed by atoms with van der Waals surface area (Å²) in [5.41, 5.74) is 6.90. The number of nitrogens with two attached hydrogens (primary N) is 1. The molecular weight excluding hydrogens is 535 g/mol. The molecular formula is C24H26ClN6O6P. The van der Waals surface area contributed by atoms with E-state index in [2.05, 4.69) is 20.0 Å². The Morgan fingerprint density at radius 1 is 1.26 bits per heavy atom. The van der Waals surface area contributed by atoms with Gasteiger partial charge in [0.1, 0.15) is 11.8 Å². The molecule has 2 aromatic heterocycles. The Hall–Kier alpha value is -3.44. The second-order valence-corrected chi connectivity index (χ2v) is 11.2. The average molecular weight is 561 g/mol. The number of carboxylic acids is 1. The Morgan fingerprint density at radius 3 is 2.71 bits per heavy atom. The minimum absolute atomic E-state index is 0.0411. The van der Waals surface area contributed by atoms with E-state index in [1.165, 1.54) is 14.0 Å². The summed E-state index contributed by atoms with van der Waals surface area (Å²) < 4.78 is 32.5. The summed E-state index contributed by atoms with van der Waals surface area (Å²) in [6.45, 7) is 1.46. The van der Waals surface area contributed by atoms with Gasteiger partial charge < -0.3 is 24.7 Å². The third-order valence-electron chi connectivity index (χ3n) is 6.46. The summed E-state index contributed by atoms with van der Waals surface area (Å²) >= 11 is 6.30. The number of imidazole rings is 1. The Morgan fingerprint density at radius 2 is 2.00 bits per heavy atom. The average Bonchev–Trinajstić information content (AvgIpc) is 3.27. The second-order valence-electron chi connectivity index (χ2n) is 9.07. The number of nitrogens with one attached hydrogen (secondary N) is 1. The SMILES string of the molecule is COc1nc(N)nc2c1ncn2C1CC(COP(=O)(NC(C)C(=O)O)Oc2ccc(Cl)c3ccccc23)C1. The maximum atomic E-state index is 13.8. The lowest BCUT2D eigenvalue weighted by Gasteiger charge is -2.36. The Bertz CT molecular complexity index is 1560. The van der Waals surface area contributed by atoms with Crippen molar-refractivity contribution in [3.63, 3.8) is 0 Å². The number of anilines is 1. The number of fused-ring (bicyclic) bond motifs is 2. The van der Waals surface area contributed by atoms with Crippen LogP contribution in [0.25, 0.3) is 21.9 Å². The van der Waals surface area contributed by atoms with E-state index >= 15 is 0 Å². The normalized spacial score (nSPS) is 19.6. The van der Waals surface area contributed by atoms with Gasteiger partial charge in [-0.15, -0.1) is 0 Å². The minimum atomic E-state index is -4.09. The quantitative estimate of drug-likeness (QED) is 0.235. The van der Waals surface area contributed by atoms with Crippen molar-refractivity contribution in [2.45, 2.75) is 31.8 Å². The van der Waals surface area contributed by atoms with Gasteiger partial charge in [-0.05, 0) is 37.8 Å². The highest BCUT2D eigenvalue weighted by Crippen LogP contribution is 2.49. The van der Waals surface area contributed by atoms with E-state index in [9.17, 15) is 14.5 Å². The number of aromatic nitrogens is 4. The fourth-order valence-electron chi connectivity index (χ4n) is 4.41. The molecule has 1 aliphatic carbocycles. The Balaban J connectivity index is 1.31. The van der Waals surface area contributed by atoms with Crippen molar-refractivity contribution in [3.8, 4) is 11.6 Å². The minimum Gasteiger partial charge on any atom is -0.480 e. The highest BCUT2D eigenvalue weighted by atomic mass is 35.5. The highest BCUT2D eigenvalue weighted by Gasteiger charge is 2.37. The zero-order valence-electron chi connectivity index (χ0n) is 20.6. The van der Waals surface area contributed by atoms with E-state index in [0.29, 0.717) is 45.7 Å². The van der Waals surface area contributed by atoms with Crippen LogP contribution in [-0.2, 0) is 13.9 Å². The van der Waals surface area contributed by atoms with Gasteiger partial charge in [0, 0.05) is 21.8 Å². The maximum Gasteiger partial charge on any atom is 0.459 e. The first-order valence-electron chi connectivity index (χ1n) is 11.8. The lowest BCUT2D eigenvalue weighted by molar-refractivity contribution is -0.138. The third kappa shape index (κ3) is 5.12. The molecule has 0 saturated heterocycles. The molecule has 38 heavy (non-hydrogen) atoms. The number of nitrogens with zero attached hydrogens (tertiary/aromatic N) is 4. The van der Waals surface area contributed by atoms with Gasteiger partial charge in [0.05, 0.1) is 20.0 Å². The molecule has 2 heterocycles. The van der Waals surface area contributed by atoms with Gasteiger partial charge in [-0.3, -0.25) is 9.32 Å². The fourth-order valence-corrected chi connectivity index (χ4v) is 6.23. The molecule has 0 aliphatic heterocycles. The largest absolute Gasteiger partial charge is 0.480 e. The van der Waals surface area contributed by atoms with Gasteiger partial charge in [-0.2, -0.15) is 15.1 Å². The van der Waals surface area contributed by atoms with Gasteiger partial charge in [-0.1, -0.05) is 35.9 Å². The first kappa shape index (κ1) is 26.2. The second kappa shape index (κ2) is 10.4. The van der Waals surface area contributed by atoms with Crippen molar-refractivity contribution in [2.75, 3.05) is 19.5 Å². The predicted molar refractivity (Wildman–Crippen MR) is 141 cm³/mol. The summed E-state index contributed by atoms with van der Waals surface area (Å²) in [6, 6.07) is 9.31. The summed E-state index contributed by atoms with van der Waals surface area (Å²) in [6.07, 6.45) is 3.05. The Labute approximate surface area is 222 Å². The predicted octanol–water partition coefficient (Wildman–Crippen LogP) is 4.44. The fraction of sp³-hybridized carbons (Fsp3) is 0.333. The number of carboxylic acid groups (broad SMARTS) is 1. The number of halogens is 1. The van der Waals surface area contributed by atoms with E-state index in [-0.39, 0.29) is 30.3 Å². The van der Waals surface area contributed by atoms with Crippen LogP contribution in [-0.4, -0.2) is 50.4 Å². The van der Waals surface area contributed by atoms with Crippen LogP contribution in [0.2, 0.25) is 5.02 Å². The van der Waals surface area contributed by atoms with Crippen LogP contribution < -0.4 is 20.1 Å². The molecule has 0 radical (unpaired) electrons. The summed E-state index contributed by atoms with van der Waals surface area (Å²) in [7, 11) is -2.60. The lowest BCUT2D eigenvalue weighted by Crippen LogP contribution is -2.35. The third-order valence-corrected chi connectivity index (χ3v) is 8.42. The number of nitrogen functional groups attached to an aromatic ring is 1. The molecule has 4 N–H and O–H groups in total. The van der Waals surface area contributed by atoms with Gasteiger partial charge in [0.15, 0.2) is 11.2 Å². The van der Waals surface area contributed by atoms with Gasteiger partial charge >= 0.3 is 13.7 Å². The van der Waals surface area contributed by atoms with Crippen LogP contribution in [0.3, 0.4) is 0 Å². The molecule has 0 spiro atoms. The highest BCUT2D eigenvalue weighted by molar-refractivity contribution is 7.52. The van der Waals surface area contributed by atoms with Crippen molar-refractivity contribution in [1.29, 1.82) is 0 Å². The molecule has 5 rings (SSSR count).